The van der Waals surface area contributed by atoms with E-state index in [0.717, 1.165) is 22.8 Å². The summed E-state index contributed by atoms with van der Waals surface area (Å²) >= 11 is 0. The van der Waals surface area contributed by atoms with Crippen LogP contribution in [0.1, 0.15) is 28.3 Å². The Balaban J connectivity index is 2.47. The Bertz CT molecular complexity index is 558. The highest BCUT2D eigenvalue weighted by atomic mass is 19.2. The Morgan fingerprint density at radius 1 is 1.00 bits per heavy atom. The topological polar surface area (TPSA) is 26.0 Å². The molecule has 94 valence electrons. The van der Waals surface area contributed by atoms with E-state index in [0.29, 0.717) is 0 Å². The summed E-state index contributed by atoms with van der Waals surface area (Å²) in [5.74, 6) is -1.74. The minimum absolute atomic E-state index is 0.181. The molecule has 0 fully saturated rings. The van der Waals surface area contributed by atoms with Crippen molar-refractivity contribution in [1.29, 1.82) is 0 Å². The van der Waals surface area contributed by atoms with Gasteiger partial charge in [-0.3, -0.25) is 0 Å². The first-order valence-corrected chi connectivity index (χ1v) is 5.76. The fourth-order valence-electron chi connectivity index (χ4n) is 2.13. The third kappa shape index (κ3) is 2.41. The molecule has 0 aromatic heterocycles. The Kier molecular flexibility index (Phi) is 3.43. The molecule has 2 rings (SSSR count). The molecule has 2 N–H and O–H groups in total. The monoisotopic (exact) mass is 247 g/mol. The van der Waals surface area contributed by atoms with Gasteiger partial charge in [-0.05, 0) is 25.5 Å². The number of rotatable bonds is 2. The fourth-order valence-corrected chi connectivity index (χ4v) is 2.13. The van der Waals surface area contributed by atoms with E-state index < -0.39 is 17.7 Å². The molecule has 2 aromatic carbocycles. The van der Waals surface area contributed by atoms with E-state index in [1.165, 1.54) is 12.1 Å². The van der Waals surface area contributed by atoms with E-state index >= 15 is 0 Å². The maximum Gasteiger partial charge on any atom is 0.163 e. The number of hydrogen-bond acceptors (Lipinski definition) is 1. The molecule has 18 heavy (non-hydrogen) atoms. The van der Waals surface area contributed by atoms with Crippen molar-refractivity contribution in [2.45, 2.75) is 19.9 Å². The highest BCUT2D eigenvalue weighted by molar-refractivity contribution is 5.37. The summed E-state index contributed by atoms with van der Waals surface area (Å²) in [5, 5.41) is 0. The van der Waals surface area contributed by atoms with Crippen LogP contribution < -0.4 is 5.73 Å². The van der Waals surface area contributed by atoms with Gasteiger partial charge in [0.1, 0.15) is 0 Å². The average Bonchev–Trinajstić information content (AvgIpc) is 2.30. The summed E-state index contributed by atoms with van der Waals surface area (Å²) in [6, 6.07) is 9.21. The Morgan fingerprint density at radius 3 is 2.22 bits per heavy atom. The van der Waals surface area contributed by atoms with E-state index in [4.69, 9.17) is 5.73 Å². The second-order valence-corrected chi connectivity index (χ2v) is 4.54. The Labute approximate surface area is 105 Å². The van der Waals surface area contributed by atoms with Crippen LogP contribution >= 0.6 is 0 Å². The van der Waals surface area contributed by atoms with Crippen molar-refractivity contribution in [3.05, 3.63) is 70.3 Å². The van der Waals surface area contributed by atoms with Crippen LogP contribution in [0.25, 0.3) is 0 Å². The second-order valence-electron chi connectivity index (χ2n) is 4.54. The van der Waals surface area contributed by atoms with Gasteiger partial charge in [0.25, 0.3) is 0 Å². The van der Waals surface area contributed by atoms with Gasteiger partial charge in [0, 0.05) is 5.56 Å². The Hall–Kier alpha value is -1.74. The molecule has 2 aromatic rings. The van der Waals surface area contributed by atoms with E-state index in [9.17, 15) is 8.78 Å². The number of aryl methyl sites for hydroxylation is 2. The van der Waals surface area contributed by atoms with Gasteiger partial charge < -0.3 is 5.73 Å². The molecular weight excluding hydrogens is 232 g/mol. The van der Waals surface area contributed by atoms with Crippen molar-refractivity contribution in [2.75, 3.05) is 0 Å². The van der Waals surface area contributed by atoms with Crippen LogP contribution in [0.5, 0.6) is 0 Å². The number of hydrogen-bond donors (Lipinski definition) is 1. The predicted octanol–water partition coefficient (Wildman–Crippen LogP) is 3.63. The predicted molar refractivity (Wildman–Crippen MR) is 68.3 cm³/mol. The molecule has 0 bridgehead atoms. The lowest BCUT2D eigenvalue weighted by Gasteiger charge is -2.15. The quantitative estimate of drug-likeness (QED) is 0.861. The molecule has 0 radical (unpaired) electrons. The van der Waals surface area contributed by atoms with Crippen molar-refractivity contribution in [3.63, 3.8) is 0 Å². The van der Waals surface area contributed by atoms with Crippen LogP contribution in [0.2, 0.25) is 0 Å². The SMILES string of the molecule is Cc1cc(C)cc(C(N)c2cccc(F)c2F)c1. The van der Waals surface area contributed by atoms with Gasteiger partial charge in [0.15, 0.2) is 11.6 Å². The molecule has 1 nitrogen and oxygen atoms in total. The molecular formula is C15H15F2N. The summed E-state index contributed by atoms with van der Waals surface area (Å²) in [4.78, 5) is 0. The Morgan fingerprint density at radius 2 is 1.61 bits per heavy atom. The van der Waals surface area contributed by atoms with Gasteiger partial charge in [-0.1, -0.05) is 41.5 Å². The summed E-state index contributed by atoms with van der Waals surface area (Å²) < 4.78 is 26.9. The fraction of sp³-hybridized carbons (Fsp3) is 0.200. The molecule has 0 saturated carbocycles. The van der Waals surface area contributed by atoms with Gasteiger partial charge in [0.2, 0.25) is 0 Å². The first-order valence-electron chi connectivity index (χ1n) is 5.76. The molecule has 0 aliphatic rings. The van der Waals surface area contributed by atoms with Gasteiger partial charge in [-0.25, -0.2) is 8.78 Å². The molecule has 0 amide bonds. The smallest absolute Gasteiger partial charge is 0.163 e. The van der Waals surface area contributed by atoms with E-state index in [1.54, 1.807) is 0 Å². The maximum absolute atomic E-state index is 13.7. The summed E-state index contributed by atoms with van der Waals surface area (Å²) in [6.07, 6.45) is 0. The number of nitrogens with two attached hydrogens (primary N) is 1. The minimum atomic E-state index is -0.871. The van der Waals surface area contributed by atoms with Crippen LogP contribution in [0, 0.1) is 25.5 Å². The minimum Gasteiger partial charge on any atom is -0.320 e. The average molecular weight is 247 g/mol. The van der Waals surface area contributed by atoms with E-state index in [2.05, 4.69) is 0 Å². The van der Waals surface area contributed by atoms with E-state index in [-0.39, 0.29) is 5.56 Å². The van der Waals surface area contributed by atoms with Gasteiger partial charge >= 0.3 is 0 Å². The highest BCUT2D eigenvalue weighted by Gasteiger charge is 2.16. The van der Waals surface area contributed by atoms with Crippen molar-refractivity contribution in [2.24, 2.45) is 5.73 Å². The lowest BCUT2D eigenvalue weighted by molar-refractivity contribution is 0.494. The summed E-state index contributed by atoms with van der Waals surface area (Å²) in [6.45, 7) is 3.90. The first-order chi connectivity index (χ1) is 8.49. The van der Waals surface area contributed by atoms with Crippen LogP contribution in [-0.2, 0) is 0 Å². The van der Waals surface area contributed by atoms with Gasteiger partial charge in [0.05, 0.1) is 6.04 Å². The van der Waals surface area contributed by atoms with Crippen molar-refractivity contribution < 1.29 is 8.78 Å². The third-order valence-corrected chi connectivity index (χ3v) is 2.92. The number of halogens is 2. The molecule has 0 aliphatic carbocycles. The van der Waals surface area contributed by atoms with Crippen LogP contribution in [0.15, 0.2) is 36.4 Å². The lowest BCUT2D eigenvalue weighted by Crippen LogP contribution is -2.14. The molecule has 3 heteroatoms. The largest absolute Gasteiger partial charge is 0.320 e. The summed E-state index contributed by atoms with van der Waals surface area (Å²) in [5.41, 5.74) is 9.09. The molecule has 0 aliphatic heterocycles. The molecule has 1 atom stereocenters. The van der Waals surface area contributed by atoms with Crippen molar-refractivity contribution in [3.8, 4) is 0 Å². The zero-order chi connectivity index (χ0) is 13.3. The third-order valence-electron chi connectivity index (χ3n) is 2.92. The number of benzene rings is 2. The molecule has 0 saturated heterocycles. The maximum atomic E-state index is 13.7. The van der Waals surface area contributed by atoms with Crippen LogP contribution in [0.4, 0.5) is 8.78 Å². The van der Waals surface area contributed by atoms with Crippen LogP contribution in [-0.4, -0.2) is 0 Å². The zero-order valence-electron chi connectivity index (χ0n) is 10.4. The van der Waals surface area contributed by atoms with Crippen LogP contribution in [0.3, 0.4) is 0 Å². The highest BCUT2D eigenvalue weighted by Crippen LogP contribution is 2.25. The van der Waals surface area contributed by atoms with Gasteiger partial charge in [-0.15, -0.1) is 0 Å². The standard InChI is InChI=1S/C15H15F2N/c1-9-6-10(2)8-11(7-9)15(18)12-4-3-5-13(16)14(12)17/h3-8,15H,18H2,1-2H3. The zero-order valence-corrected chi connectivity index (χ0v) is 10.4. The molecule has 1 unspecified atom stereocenters. The summed E-state index contributed by atoms with van der Waals surface area (Å²) in [7, 11) is 0. The second kappa shape index (κ2) is 4.86. The van der Waals surface area contributed by atoms with Crippen molar-refractivity contribution >= 4 is 0 Å². The molecule has 0 heterocycles. The van der Waals surface area contributed by atoms with Crippen molar-refractivity contribution in [1.82, 2.24) is 0 Å². The normalized spacial score (nSPS) is 12.5. The molecule has 0 spiro atoms. The van der Waals surface area contributed by atoms with Gasteiger partial charge in [-0.2, -0.15) is 0 Å². The first kappa shape index (κ1) is 12.7. The van der Waals surface area contributed by atoms with E-state index in [1.807, 2.05) is 32.0 Å². The lowest BCUT2D eigenvalue weighted by atomic mass is 9.96.